The lowest BCUT2D eigenvalue weighted by Gasteiger charge is -2.12. The molecule has 6 rings (SSSR count). The second-order valence-electron chi connectivity index (χ2n) is 9.00. The van der Waals surface area contributed by atoms with Gasteiger partial charge >= 0.3 is 0 Å². The Morgan fingerprint density at radius 2 is 1.77 bits per heavy atom. The molecule has 0 fully saturated rings. The van der Waals surface area contributed by atoms with E-state index in [1.807, 2.05) is 24.3 Å². The Hall–Kier alpha value is -4.76. The number of halogens is 1. The van der Waals surface area contributed by atoms with E-state index in [2.05, 4.69) is 5.10 Å². The molecule has 2 aromatic heterocycles. The maximum atomic E-state index is 13.5. The monoisotopic (exact) mass is 539 g/mol. The zero-order chi connectivity index (χ0) is 27.3. The maximum absolute atomic E-state index is 13.5. The minimum Gasteiger partial charge on any atom is -0.493 e. The van der Waals surface area contributed by atoms with E-state index < -0.39 is 11.8 Å². The molecule has 9 nitrogen and oxygen atoms in total. The summed E-state index contributed by atoms with van der Waals surface area (Å²) in [5.74, 6) is 0.113. The van der Waals surface area contributed by atoms with Crippen molar-refractivity contribution in [3.8, 4) is 11.5 Å². The number of hydrogen-bond donors (Lipinski definition) is 0. The van der Waals surface area contributed by atoms with Gasteiger partial charge in [0.15, 0.2) is 17.1 Å². The van der Waals surface area contributed by atoms with Crippen LogP contribution in [-0.2, 0) is 16.1 Å². The second kappa shape index (κ2) is 9.52. The van der Waals surface area contributed by atoms with Crippen molar-refractivity contribution in [3.63, 3.8) is 0 Å². The molecule has 194 valence electrons. The van der Waals surface area contributed by atoms with Crippen molar-refractivity contribution in [2.75, 3.05) is 14.2 Å². The van der Waals surface area contributed by atoms with Gasteiger partial charge in [-0.25, -0.2) is 9.97 Å². The summed E-state index contributed by atoms with van der Waals surface area (Å²) < 4.78 is 12.4. The Labute approximate surface area is 227 Å². The van der Waals surface area contributed by atoms with Crippen LogP contribution in [0.5, 0.6) is 11.5 Å². The molecule has 1 aliphatic heterocycles. The van der Waals surface area contributed by atoms with Crippen molar-refractivity contribution in [3.05, 3.63) is 76.8 Å². The molecule has 1 aliphatic rings. The third kappa shape index (κ3) is 4.17. The number of imide groups is 1. The largest absolute Gasteiger partial charge is 0.493 e. The Morgan fingerprint density at radius 3 is 2.56 bits per heavy atom. The van der Waals surface area contributed by atoms with Crippen LogP contribution in [0.25, 0.3) is 39.2 Å². The quantitative estimate of drug-likeness (QED) is 0.283. The number of para-hydroxylation sites is 1. The topological polar surface area (TPSA) is 98.9 Å². The third-order valence-electron chi connectivity index (χ3n) is 6.62. The fraction of sp³-hybridized carbons (Fsp3) is 0.138. The van der Waals surface area contributed by atoms with E-state index in [1.54, 1.807) is 68.2 Å². The molecule has 0 spiro atoms. The van der Waals surface area contributed by atoms with Crippen LogP contribution in [0.1, 0.15) is 12.5 Å². The van der Waals surface area contributed by atoms with Gasteiger partial charge in [0.05, 0.1) is 42.1 Å². The predicted octanol–water partition coefficient (Wildman–Crippen LogP) is 5.24. The number of methoxy groups -OCH3 is 2. The summed E-state index contributed by atoms with van der Waals surface area (Å²) in [6.45, 7) is 1.55. The highest BCUT2D eigenvalue weighted by Gasteiger charge is 2.33. The average Bonchev–Trinajstić information content (AvgIpc) is 3.40. The number of benzene rings is 3. The zero-order valence-corrected chi connectivity index (χ0v) is 22.1. The molecule has 0 N–H and O–H groups in total. The highest BCUT2D eigenvalue weighted by atomic mass is 35.5. The first kappa shape index (κ1) is 24.6. The second-order valence-corrected chi connectivity index (χ2v) is 9.44. The SMILES string of the molecule is COc1ccc(/C=C2/C(=O)N(C(=O)Cn3c4ccccc4c4nc5cc(Cl)ccc5nc43)N=C2C)cc1OC. The molecule has 0 saturated carbocycles. The summed E-state index contributed by atoms with van der Waals surface area (Å²) in [5, 5.41) is 6.61. The number of nitrogens with zero attached hydrogens (tertiary/aromatic N) is 5. The van der Waals surface area contributed by atoms with Crippen LogP contribution in [-0.4, -0.2) is 51.3 Å². The van der Waals surface area contributed by atoms with Gasteiger partial charge in [-0.1, -0.05) is 35.9 Å². The molecule has 10 heteroatoms. The van der Waals surface area contributed by atoms with Crippen molar-refractivity contribution in [1.29, 1.82) is 0 Å². The fourth-order valence-electron chi connectivity index (χ4n) is 4.74. The molecular weight excluding hydrogens is 518 g/mol. The lowest BCUT2D eigenvalue weighted by Crippen LogP contribution is -2.32. The summed E-state index contributed by atoms with van der Waals surface area (Å²) in [6.07, 6.45) is 1.68. The number of rotatable bonds is 5. The van der Waals surface area contributed by atoms with Gasteiger partial charge in [-0.2, -0.15) is 10.1 Å². The van der Waals surface area contributed by atoms with Gasteiger partial charge in [0.25, 0.3) is 11.8 Å². The molecule has 3 aromatic carbocycles. The third-order valence-corrected chi connectivity index (χ3v) is 6.86. The van der Waals surface area contributed by atoms with Gasteiger partial charge in [0, 0.05) is 10.4 Å². The summed E-state index contributed by atoms with van der Waals surface area (Å²) in [6, 6.07) is 18.2. The first-order chi connectivity index (χ1) is 18.9. The van der Waals surface area contributed by atoms with E-state index in [0.717, 1.165) is 15.9 Å². The molecular formula is C29H22ClN5O4. The lowest BCUT2D eigenvalue weighted by molar-refractivity contribution is -0.141. The number of ether oxygens (including phenoxy) is 2. The first-order valence-electron chi connectivity index (χ1n) is 12.1. The highest BCUT2D eigenvalue weighted by molar-refractivity contribution is 6.31. The van der Waals surface area contributed by atoms with Crippen molar-refractivity contribution < 1.29 is 19.1 Å². The fourth-order valence-corrected chi connectivity index (χ4v) is 4.90. The van der Waals surface area contributed by atoms with Crippen LogP contribution in [0.4, 0.5) is 0 Å². The number of carbonyl (C=O) groups is 2. The molecule has 0 aliphatic carbocycles. The number of fused-ring (bicyclic) bond motifs is 4. The van der Waals surface area contributed by atoms with E-state index in [-0.39, 0.29) is 6.54 Å². The summed E-state index contributed by atoms with van der Waals surface area (Å²) in [5.41, 5.74) is 4.73. The molecule has 0 bridgehead atoms. The van der Waals surface area contributed by atoms with E-state index in [0.29, 0.717) is 55.6 Å². The van der Waals surface area contributed by atoms with Crippen LogP contribution in [0, 0.1) is 0 Å². The van der Waals surface area contributed by atoms with Gasteiger partial charge in [-0.15, -0.1) is 0 Å². The minimum absolute atomic E-state index is 0.149. The number of hydrazone groups is 1. The Morgan fingerprint density at radius 1 is 0.974 bits per heavy atom. The van der Waals surface area contributed by atoms with E-state index >= 15 is 0 Å². The standard InChI is InChI=1S/C29H22ClN5O4/c1-16-20(12-17-8-11-24(38-2)25(13-17)39-3)29(37)35(33-16)26(36)15-34-23-7-5-4-6-19(23)27-28(34)32-21-10-9-18(30)14-22(21)31-27/h4-14H,15H2,1-3H3/b20-12+. The molecule has 2 amide bonds. The molecule has 0 atom stereocenters. The van der Waals surface area contributed by atoms with Crippen molar-refractivity contribution in [2.24, 2.45) is 5.10 Å². The van der Waals surface area contributed by atoms with Gasteiger partial charge in [0.2, 0.25) is 0 Å². The van der Waals surface area contributed by atoms with Crippen molar-refractivity contribution in [1.82, 2.24) is 19.5 Å². The molecule has 0 unspecified atom stereocenters. The van der Waals surface area contributed by atoms with Crippen LogP contribution < -0.4 is 9.47 Å². The van der Waals surface area contributed by atoms with E-state index in [4.69, 9.17) is 31.0 Å². The van der Waals surface area contributed by atoms with Gasteiger partial charge in [-0.05, 0) is 55.0 Å². The minimum atomic E-state index is -0.501. The number of hydrogen-bond acceptors (Lipinski definition) is 7. The van der Waals surface area contributed by atoms with Gasteiger partial charge in [0.1, 0.15) is 12.1 Å². The number of amides is 2. The summed E-state index contributed by atoms with van der Waals surface area (Å²) >= 11 is 6.17. The highest BCUT2D eigenvalue weighted by Crippen LogP contribution is 2.31. The van der Waals surface area contributed by atoms with Crippen LogP contribution >= 0.6 is 11.6 Å². The molecule has 0 saturated heterocycles. The maximum Gasteiger partial charge on any atom is 0.283 e. The summed E-state index contributed by atoms with van der Waals surface area (Å²) in [7, 11) is 3.09. The molecule has 39 heavy (non-hydrogen) atoms. The normalized spacial score (nSPS) is 14.6. The Bertz CT molecular complexity index is 1890. The zero-order valence-electron chi connectivity index (χ0n) is 21.3. The van der Waals surface area contributed by atoms with Crippen LogP contribution in [0.15, 0.2) is 71.3 Å². The summed E-state index contributed by atoms with van der Waals surface area (Å²) in [4.78, 5) is 36.4. The molecule has 3 heterocycles. The van der Waals surface area contributed by atoms with E-state index in [9.17, 15) is 9.59 Å². The van der Waals surface area contributed by atoms with Crippen LogP contribution in [0.2, 0.25) is 5.02 Å². The van der Waals surface area contributed by atoms with Crippen molar-refractivity contribution >= 4 is 68.3 Å². The van der Waals surface area contributed by atoms with Gasteiger partial charge < -0.3 is 14.0 Å². The Kier molecular flexibility index (Phi) is 6.00. The van der Waals surface area contributed by atoms with Crippen molar-refractivity contribution in [2.45, 2.75) is 13.5 Å². The average molecular weight is 540 g/mol. The molecule has 0 radical (unpaired) electrons. The number of aromatic nitrogens is 3. The van der Waals surface area contributed by atoms with Gasteiger partial charge in [-0.3, -0.25) is 9.59 Å². The lowest BCUT2D eigenvalue weighted by atomic mass is 10.1. The first-order valence-corrected chi connectivity index (χ1v) is 12.5. The molecule has 5 aromatic rings. The van der Waals surface area contributed by atoms with Crippen LogP contribution in [0.3, 0.4) is 0 Å². The predicted molar refractivity (Wildman–Crippen MR) is 150 cm³/mol. The smallest absolute Gasteiger partial charge is 0.283 e. The van der Waals surface area contributed by atoms with E-state index in [1.165, 1.54) is 0 Å². The number of carbonyl (C=O) groups excluding carboxylic acids is 2. The Balaban J connectivity index is 1.36.